The standard InChI is InChI=1S/C19H16FN3O2/c1-10-4-3-5-15(17(10)18(21)24)23-19(25)14-8-12-6-7-13(20)9-16(12)22-11(14)2/h3-9H,1-2H3,(H2,21,24)(H,23,25). The molecular weight excluding hydrogens is 321 g/mol. The minimum atomic E-state index is -0.614. The first-order valence-electron chi connectivity index (χ1n) is 7.64. The number of nitrogens with one attached hydrogen (secondary N) is 1. The largest absolute Gasteiger partial charge is 0.366 e. The fraction of sp³-hybridized carbons (Fsp3) is 0.105. The molecule has 6 heteroatoms. The van der Waals surface area contributed by atoms with Gasteiger partial charge in [0.1, 0.15) is 5.82 Å². The molecule has 0 fully saturated rings. The molecule has 1 aromatic heterocycles. The Morgan fingerprint density at radius 1 is 1.12 bits per heavy atom. The van der Waals surface area contributed by atoms with E-state index in [4.69, 9.17) is 5.73 Å². The van der Waals surface area contributed by atoms with Crippen LogP contribution in [-0.2, 0) is 0 Å². The molecule has 0 saturated carbocycles. The predicted octanol–water partition coefficient (Wildman–Crippen LogP) is 3.34. The highest BCUT2D eigenvalue weighted by atomic mass is 19.1. The SMILES string of the molecule is Cc1cccc(NC(=O)c2cc3ccc(F)cc3nc2C)c1C(N)=O. The zero-order valence-electron chi connectivity index (χ0n) is 13.8. The van der Waals surface area contributed by atoms with Gasteiger partial charge in [0.25, 0.3) is 11.8 Å². The lowest BCUT2D eigenvalue weighted by molar-refractivity contribution is 0.100. The normalized spacial score (nSPS) is 10.7. The van der Waals surface area contributed by atoms with E-state index in [1.54, 1.807) is 44.2 Å². The molecule has 5 nitrogen and oxygen atoms in total. The fourth-order valence-electron chi connectivity index (χ4n) is 2.76. The first kappa shape index (κ1) is 16.6. The zero-order chi connectivity index (χ0) is 18.1. The van der Waals surface area contributed by atoms with Crippen molar-refractivity contribution in [1.29, 1.82) is 0 Å². The van der Waals surface area contributed by atoms with E-state index in [1.807, 2.05) is 0 Å². The summed E-state index contributed by atoms with van der Waals surface area (Å²) in [6.07, 6.45) is 0. The molecular formula is C19H16FN3O2. The quantitative estimate of drug-likeness (QED) is 0.768. The second-order valence-electron chi connectivity index (χ2n) is 5.77. The van der Waals surface area contributed by atoms with Gasteiger partial charge in [-0.2, -0.15) is 0 Å². The first-order chi connectivity index (χ1) is 11.9. The third-order valence-electron chi connectivity index (χ3n) is 3.98. The number of anilines is 1. The van der Waals surface area contributed by atoms with Gasteiger partial charge < -0.3 is 11.1 Å². The van der Waals surface area contributed by atoms with Crippen molar-refractivity contribution < 1.29 is 14.0 Å². The minimum Gasteiger partial charge on any atom is -0.366 e. The fourth-order valence-corrected chi connectivity index (χ4v) is 2.76. The van der Waals surface area contributed by atoms with Gasteiger partial charge in [-0.05, 0) is 43.7 Å². The van der Waals surface area contributed by atoms with E-state index in [2.05, 4.69) is 10.3 Å². The van der Waals surface area contributed by atoms with Crippen LogP contribution in [-0.4, -0.2) is 16.8 Å². The average Bonchev–Trinajstić information content (AvgIpc) is 2.53. The van der Waals surface area contributed by atoms with Gasteiger partial charge in [-0.15, -0.1) is 0 Å². The molecule has 0 atom stereocenters. The molecule has 25 heavy (non-hydrogen) atoms. The van der Waals surface area contributed by atoms with Crippen molar-refractivity contribution in [2.24, 2.45) is 5.73 Å². The molecule has 0 aliphatic rings. The molecule has 0 radical (unpaired) electrons. The molecule has 0 aliphatic carbocycles. The Hall–Kier alpha value is -3.28. The average molecular weight is 337 g/mol. The number of amides is 2. The van der Waals surface area contributed by atoms with Crippen LogP contribution in [0.5, 0.6) is 0 Å². The molecule has 0 aliphatic heterocycles. The maximum absolute atomic E-state index is 13.3. The van der Waals surface area contributed by atoms with Crippen LogP contribution in [0.15, 0.2) is 42.5 Å². The number of carbonyl (C=O) groups is 2. The number of pyridine rings is 1. The number of aromatic nitrogens is 1. The molecule has 0 bridgehead atoms. The van der Waals surface area contributed by atoms with Crippen molar-refractivity contribution in [2.45, 2.75) is 13.8 Å². The van der Waals surface area contributed by atoms with Gasteiger partial charge in [0.2, 0.25) is 0 Å². The number of benzene rings is 2. The van der Waals surface area contributed by atoms with E-state index in [1.165, 1.54) is 12.1 Å². The number of nitrogens with zero attached hydrogens (tertiary/aromatic N) is 1. The molecule has 0 unspecified atom stereocenters. The second kappa shape index (κ2) is 6.32. The van der Waals surface area contributed by atoms with Crippen LogP contribution in [0.4, 0.5) is 10.1 Å². The number of carbonyl (C=O) groups excluding carboxylic acids is 2. The maximum Gasteiger partial charge on any atom is 0.257 e. The number of nitrogens with two attached hydrogens (primary N) is 1. The van der Waals surface area contributed by atoms with Crippen LogP contribution in [0.1, 0.15) is 32.0 Å². The Bertz CT molecular complexity index is 1010. The van der Waals surface area contributed by atoms with Crippen molar-refractivity contribution in [3.05, 3.63) is 70.7 Å². The number of primary amides is 1. The summed E-state index contributed by atoms with van der Waals surface area (Å²) in [5.41, 5.74) is 7.98. The van der Waals surface area contributed by atoms with E-state index in [0.717, 1.165) is 0 Å². The van der Waals surface area contributed by atoms with E-state index in [0.29, 0.717) is 33.4 Å². The van der Waals surface area contributed by atoms with Crippen molar-refractivity contribution in [3.8, 4) is 0 Å². The third-order valence-corrected chi connectivity index (χ3v) is 3.98. The van der Waals surface area contributed by atoms with Crippen LogP contribution in [0.3, 0.4) is 0 Å². The highest BCUT2D eigenvalue weighted by Gasteiger charge is 2.17. The zero-order valence-corrected chi connectivity index (χ0v) is 13.8. The summed E-state index contributed by atoms with van der Waals surface area (Å²) in [6, 6.07) is 10.9. The Kier molecular flexibility index (Phi) is 4.19. The summed E-state index contributed by atoms with van der Waals surface area (Å²) < 4.78 is 13.3. The van der Waals surface area contributed by atoms with E-state index in [9.17, 15) is 14.0 Å². The Balaban J connectivity index is 2.01. The Labute approximate surface area is 143 Å². The molecule has 0 spiro atoms. The van der Waals surface area contributed by atoms with Gasteiger partial charge in [0.15, 0.2) is 0 Å². The molecule has 0 saturated heterocycles. The van der Waals surface area contributed by atoms with Crippen LogP contribution in [0.2, 0.25) is 0 Å². The van der Waals surface area contributed by atoms with E-state index >= 15 is 0 Å². The van der Waals surface area contributed by atoms with Crippen molar-refractivity contribution in [1.82, 2.24) is 4.98 Å². The molecule has 3 rings (SSSR count). The number of hydrogen-bond donors (Lipinski definition) is 2. The number of halogens is 1. The molecule has 1 heterocycles. The number of rotatable bonds is 3. The van der Waals surface area contributed by atoms with Gasteiger partial charge in [0, 0.05) is 11.5 Å². The van der Waals surface area contributed by atoms with Crippen LogP contribution >= 0.6 is 0 Å². The van der Waals surface area contributed by atoms with Crippen molar-refractivity contribution in [3.63, 3.8) is 0 Å². The van der Waals surface area contributed by atoms with E-state index in [-0.39, 0.29) is 11.4 Å². The van der Waals surface area contributed by atoms with Gasteiger partial charge >= 0.3 is 0 Å². The lowest BCUT2D eigenvalue weighted by Gasteiger charge is -2.12. The summed E-state index contributed by atoms with van der Waals surface area (Å²) >= 11 is 0. The number of fused-ring (bicyclic) bond motifs is 1. The lowest BCUT2D eigenvalue weighted by atomic mass is 10.0. The van der Waals surface area contributed by atoms with Gasteiger partial charge in [-0.1, -0.05) is 12.1 Å². The van der Waals surface area contributed by atoms with Crippen molar-refractivity contribution in [2.75, 3.05) is 5.32 Å². The highest BCUT2D eigenvalue weighted by molar-refractivity contribution is 6.10. The summed E-state index contributed by atoms with van der Waals surface area (Å²) in [7, 11) is 0. The monoisotopic (exact) mass is 337 g/mol. The summed E-state index contributed by atoms with van der Waals surface area (Å²) in [4.78, 5) is 28.6. The molecule has 126 valence electrons. The Morgan fingerprint density at radius 3 is 2.60 bits per heavy atom. The van der Waals surface area contributed by atoms with Gasteiger partial charge in [0.05, 0.1) is 28.0 Å². The summed E-state index contributed by atoms with van der Waals surface area (Å²) in [6.45, 7) is 3.41. The number of aryl methyl sites for hydroxylation is 2. The molecule has 3 aromatic rings. The summed E-state index contributed by atoms with van der Waals surface area (Å²) in [5, 5.41) is 3.36. The maximum atomic E-state index is 13.3. The Morgan fingerprint density at radius 2 is 1.88 bits per heavy atom. The first-order valence-corrected chi connectivity index (χ1v) is 7.64. The van der Waals surface area contributed by atoms with Crippen LogP contribution < -0.4 is 11.1 Å². The summed E-state index contributed by atoms with van der Waals surface area (Å²) in [5.74, 6) is -1.41. The van der Waals surface area contributed by atoms with Gasteiger partial charge in [-0.25, -0.2) is 4.39 Å². The molecule has 2 aromatic carbocycles. The van der Waals surface area contributed by atoms with Gasteiger partial charge in [-0.3, -0.25) is 14.6 Å². The van der Waals surface area contributed by atoms with Crippen molar-refractivity contribution >= 4 is 28.4 Å². The lowest BCUT2D eigenvalue weighted by Crippen LogP contribution is -2.20. The van der Waals surface area contributed by atoms with Crippen LogP contribution in [0, 0.1) is 19.7 Å². The topological polar surface area (TPSA) is 85.1 Å². The second-order valence-corrected chi connectivity index (χ2v) is 5.77. The highest BCUT2D eigenvalue weighted by Crippen LogP contribution is 2.22. The van der Waals surface area contributed by atoms with E-state index < -0.39 is 11.8 Å². The predicted molar refractivity (Wildman–Crippen MR) is 94.1 cm³/mol. The molecule has 2 amide bonds. The minimum absolute atomic E-state index is 0.268. The third kappa shape index (κ3) is 3.19. The molecule has 3 N–H and O–H groups in total. The number of hydrogen-bond acceptors (Lipinski definition) is 3. The van der Waals surface area contributed by atoms with Crippen LogP contribution in [0.25, 0.3) is 10.9 Å². The smallest absolute Gasteiger partial charge is 0.257 e.